The molecule has 0 bridgehead atoms. The number of rotatable bonds is 2. The maximum absolute atomic E-state index is 8.95. The zero-order valence-electron chi connectivity index (χ0n) is 8.52. The minimum Gasteiger partial charge on any atom is -0.453 e. The fourth-order valence-electron chi connectivity index (χ4n) is 1.23. The number of pyridine rings is 1. The number of ether oxygens (including phenoxy) is 1. The summed E-state index contributed by atoms with van der Waals surface area (Å²) in [7, 11) is 0. The lowest BCUT2D eigenvalue weighted by atomic mass is 10.3. The Hall–Kier alpha value is -1.13. The van der Waals surface area contributed by atoms with Gasteiger partial charge in [0, 0.05) is 10.7 Å². The number of hydrogen-bond donors (Lipinski definition) is 0. The molecular formula is C12H6BrIN2O. The molecule has 0 N–H and O–H groups in total. The number of halogens is 2. The van der Waals surface area contributed by atoms with Gasteiger partial charge in [-0.1, -0.05) is 12.1 Å². The van der Waals surface area contributed by atoms with Crippen LogP contribution in [-0.2, 0) is 0 Å². The van der Waals surface area contributed by atoms with E-state index < -0.39 is 0 Å². The summed E-state index contributed by atoms with van der Waals surface area (Å²) in [6.07, 6.45) is 1.57. The van der Waals surface area contributed by atoms with E-state index in [0.717, 1.165) is 8.04 Å². The van der Waals surface area contributed by atoms with Gasteiger partial charge in [-0.2, -0.15) is 5.26 Å². The normalized spacial score (nSPS) is 9.71. The van der Waals surface area contributed by atoms with Crippen LogP contribution in [0.1, 0.15) is 5.69 Å². The van der Waals surface area contributed by atoms with E-state index in [4.69, 9.17) is 10.00 Å². The molecule has 5 heteroatoms. The van der Waals surface area contributed by atoms with Crippen LogP contribution < -0.4 is 4.74 Å². The first-order chi connectivity index (χ1) is 8.20. The van der Waals surface area contributed by atoms with Gasteiger partial charge < -0.3 is 4.74 Å². The van der Waals surface area contributed by atoms with E-state index in [2.05, 4.69) is 43.5 Å². The molecule has 0 aliphatic carbocycles. The van der Waals surface area contributed by atoms with Crippen LogP contribution in [0.25, 0.3) is 0 Å². The largest absolute Gasteiger partial charge is 0.453 e. The van der Waals surface area contributed by atoms with Crippen molar-refractivity contribution in [2.75, 3.05) is 0 Å². The quantitative estimate of drug-likeness (QED) is 0.712. The summed E-state index contributed by atoms with van der Waals surface area (Å²) < 4.78 is 7.45. The van der Waals surface area contributed by atoms with Crippen molar-refractivity contribution in [3.05, 3.63) is 50.3 Å². The molecule has 0 unspecified atom stereocenters. The highest BCUT2D eigenvalue weighted by atomic mass is 127. The number of hydrogen-bond acceptors (Lipinski definition) is 3. The molecule has 2 rings (SSSR count). The zero-order valence-corrected chi connectivity index (χ0v) is 12.3. The van der Waals surface area contributed by atoms with Crippen LogP contribution in [0.3, 0.4) is 0 Å². The monoisotopic (exact) mass is 400 g/mol. The lowest BCUT2D eigenvalue weighted by Gasteiger charge is -2.08. The van der Waals surface area contributed by atoms with Gasteiger partial charge in [0.1, 0.15) is 11.8 Å². The van der Waals surface area contributed by atoms with Crippen molar-refractivity contribution in [2.24, 2.45) is 0 Å². The van der Waals surface area contributed by atoms with Crippen LogP contribution in [0.5, 0.6) is 11.5 Å². The molecule has 0 aliphatic heterocycles. The van der Waals surface area contributed by atoms with Crippen molar-refractivity contribution in [3.63, 3.8) is 0 Å². The smallest absolute Gasteiger partial charge is 0.183 e. The predicted octanol–water partition coefficient (Wildman–Crippen LogP) is 4.11. The molecule has 0 spiro atoms. The van der Waals surface area contributed by atoms with Crippen molar-refractivity contribution in [3.8, 4) is 17.6 Å². The van der Waals surface area contributed by atoms with Crippen molar-refractivity contribution in [2.45, 2.75) is 0 Å². The number of nitrogens with zero attached hydrogens (tertiary/aromatic N) is 2. The number of benzene rings is 1. The lowest BCUT2D eigenvalue weighted by molar-refractivity contribution is 0.474. The summed E-state index contributed by atoms with van der Waals surface area (Å²) in [6.45, 7) is 0. The van der Waals surface area contributed by atoms with E-state index in [1.165, 1.54) is 0 Å². The third-order valence-corrected chi connectivity index (χ3v) is 3.31. The third kappa shape index (κ3) is 2.96. The molecule has 0 saturated heterocycles. The first-order valence-corrected chi connectivity index (χ1v) is 6.56. The van der Waals surface area contributed by atoms with Gasteiger partial charge in [0.2, 0.25) is 0 Å². The van der Waals surface area contributed by atoms with E-state index in [0.29, 0.717) is 11.5 Å². The molecule has 84 valence electrons. The Morgan fingerprint density at radius 2 is 2.06 bits per heavy atom. The van der Waals surface area contributed by atoms with Gasteiger partial charge in [-0.3, -0.25) is 0 Å². The van der Waals surface area contributed by atoms with Crippen LogP contribution >= 0.6 is 38.5 Å². The second-order valence-electron chi connectivity index (χ2n) is 3.14. The van der Waals surface area contributed by atoms with Gasteiger partial charge >= 0.3 is 0 Å². The zero-order chi connectivity index (χ0) is 12.3. The highest BCUT2D eigenvalue weighted by Crippen LogP contribution is 2.29. The van der Waals surface area contributed by atoms with E-state index in [1.54, 1.807) is 12.3 Å². The summed E-state index contributed by atoms with van der Waals surface area (Å²) in [4.78, 5) is 3.99. The minimum atomic E-state index is 0.271. The molecular weight excluding hydrogens is 395 g/mol. The van der Waals surface area contributed by atoms with Gasteiger partial charge in [0.15, 0.2) is 11.4 Å². The first kappa shape index (κ1) is 12.3. The fraction of sp³-hybridized carbons (Fsp3) is 0. The van der Waals surface area contributed by atoms with Crippen molar-refractivity contribution >= 4 is 38.5 Å². The van der Waals surface area contributed by atoms with Crippen LogP contribution in [0.2, 0.25) is 0 Å². The highest BCUT2D eigenvalue weighted by molar-refractivity contribution is 14.1. The average molecular weight is 401 g/mol. The van der Waals surface area contributed by atoms with Gasteiger partial charge in [-0.15, -0.1) is 0 Å². The van der Waals surface area contributed by atoms with E-state index in [-0.39, 0.29) is 5.69 Å². The third-order valence-electron chi connectivity index (χ3n) is 1.98. The summed E-state index contributed by atoms with van der Waals surface area (Å²) in [5, 5.41) is 8.95. The van der Waals surface area contributed by atoms with Gasteiger partial charge in [-0.05, 0) is 56.7 Å². The van der Waals surface area contributed by atoms with Crippen LogP contribution in [0.15, 0.2) is 41.0 Å². The summed E-state index contributed by atoms with van der Waals surface area (Å²) in [5.74, 6) is 1.16. The van der Waals surface area contributed by atoms with E-state index in [9.17, 15) is 0 Å². The molecule has 0 fully saturated rings. The Morgan fingerprint density at radius 3 is 2.76 bits per heavy atom. The van der Waals surface area contributed by atoms with Gasteiger partial charge in [-0.25, -0.2) is 4.98 Å². The van der Waals surface area contributed by atoms with Crippen molar-refractivity contribution < 1.29 is 4.74 Å². The number of aromatic nitrogens is 1. The lowest BCUT2D eigenvalue weighted by Crippen LogP contribution is -1.92. The molecule has 17 heavy (non-hydrogen) atoms. The Morgan fingerprint density at radius 1 is 1.29 bits per heavy atom. The molecule has 0 saturated carbocycles. The summed E-state index contributed by atoms with van der Waals surface area (Å²) in [5.41, 5.74) is 0.271. The average Bonchev–Trinajstić information content (AvgIpc) is 2.32. The summed E-state index contributed by atoms with van der Waals surface area (Å²) >= 11 is 5.48. The van der Waals surface area contributed by atoms with Crippen molar-refractivity contribution in [1.82, 2.24) is 4.98 Å². The topological polar surface area (TPSA) is 45.9 Å². The predicted molar refractivity (Wildman–Crippen MR) is 75.9 cm³/mol. The van der Waals surface area contributed by atoms with Gasteiger partial charge in [0.25, 0.3) is 0 Å². The maximum atomic E-state index is 8.95. The SMILES string of the molecule is N#Cc1ncc(Br)cc1Oc1ccccc1I. The van der Waals surface area contributed by atoms with Crippen molar-refractivity contribution in [1.29, 1.82) is 5.26 Å². The molecule has 1 aromatic heterocycles. The van der Waals surface area contributed by atoms with E-state index >= 15 is 0 Å². The maximum Gasteiger partial charge on any atom is 0.183 e. The molecule has 1 heterocycles. The molecule has 2 aromatic rings. The van der Waals surface area contributed by atoms with Crippen LogP contribution in [0.4, 0.5) is 0 Å². The second-order valence-corrected chi connectivity index (χ2v) is 5.22. The summed E-state index contributed by atoms with van der Waals surface area (Å²) in [6, 6.07) is 11.3. The van der Waals surface area contributed by atoms with E-state index in [1.807, 2.05) is 30.3 Å². The Bertz CT molecular complexity index is 595. The minimum absolute atomic E-state index is 0.271. The Balaban J connectivity index is 2.40. The Kier molecular flexibility index (Phi) is 3.97. The molecule has 0 aliphatic rings. The molecule has 0 radical (unpaired) electrons. The molecule has 0 amide bonds. The second kappa shape index (κ2) is 5.47. The standard InChI is InChI=1S/C12H6BrIN2O/c13-8-5-12(10(6-15)16-7-8)17-11-4-2-1-3-9(11)14/h1-5,7H. The molecule has 1 aromatic carbocycles. The van der Waals surface area contributed by atoms with Gasteiger partial charge in [0.05, 0.1) is 3.57 Å². The van der Waals surface area contributed by atoms with Crippen LogP contribution in [-0.4, -0.2) is 4.98 Å². The molecule has 0 atom stereocenters. The van der Waals surface area contributed by atoms with Crippen LogP contribution in [0, 0.1) is 14.9 Å². The number of para-hydroxylation sites is 1. The number of nitriles is 1. The Labute approximate surface area is 121 Å². The highest BCUT2D eigenvalue weighted by Gasteiger charge is 2.08. The fourth-order valence-corrected chi connectivity index (χ4v) is 2.04. The molecule has 3 nitrogen and oxygen atoms in total. The first-order valence-electron chi connectivity index (χ1n) is 4.69.